The highest BCUT2D eigenvalue weighted by molar-refractivity contribution is 5.83. The number of urea groups is 1. The van der Waals surface area contributed by atoms with E-state index in [0.29, 0.717) is 13.1 Å². The highest BCUT2D eigenvalue weighted by Gasteiger charge is 2.20. The third kappa shape index (κ3) is 4.81. The van der Waals surface area contributed by atoms with Gasteiger partial charge < -0.3 is 15.0 Å². The molecule has 0 bridgehead atoms. The maximum atomic E-state index is 12.1. The van der Waals surface area contributed by atoms with Gasteiger partial charge in [-0.3, -0.25) is 9.59 Å². The van der Waals surface area contributed by atoms with E-state index in [1.807, 2.05) is 18.2 Å². The van der Waals surface area contributed by atoms with Crippen LogP contribution in [0.15, 0.2) is 24.3 Å². The van der Waals surface area contributed by atoms with E-state index in [1.54, 1.807) is 4.90 Å². The summed E-state index contributed by atoms with van der Waals surface area (Å²) in [6, 6.07) is 7.88. The van der Waals surface area contributed by atoms with Crippen LogP contribution in [-0.4, -0.2) is 41.9 Å². The second kappa shape index (κ2) is 7.76. The molecule has 2 amide bonds. The van der Waals surface area contributed by atoms with Crippen molar-refractivity contribution in [3.8, 4) is 0 Å². The van der Waals surface area contributed by atoms with Crippen molar-refractivity contribution in [1.29, 1.82) is 0 Å². The van der Waals surface area contributed by atoms with Gasteiger partial charge in [0.25, 0.3) is 0 Å². The quantitative estimate of drug-likeness (QED) is 0.838. The fourth-order valence-corrected chi connectivity index (χ4v) is 2.39. The molecule has 0 spiro atoms. The molecule has 1 aliphatic heterocycles. The molecule has 1 aromatic carbocycles. The minimum Gasteiger partial charge on any atom is -0.455 e. The molecule has 1 aromatic rings. The van der Waals surface area contributed by atoms with Gasteiger partial charge in [-0.25, -0.2) is 4.79 Å². The second-order valence-electron chi connectivity index (χ2n) is 5.66. The topological polar surface area (TPSA) is 75.7 Å². The van der Waals surface area contributed by atoms with Crippen LogP contribution in [0.2, 0.25) is 0 Å². The molecule has 0 aromatic heterocycles. The smallest absolute Gasteiger partial charge is 0.317 e. The van der Waals surface area contributed by atoms with Gasteiger partial charge in [0.15, 0.2) is 11.9 Å². The van der Waals surface area contributed by atoms with Crippen LogP contribution in [0.3, 0.4) is 0 Å². The molecule has 0 radical (unpaired) electrons. The van der Waals surface area contributed by atoms with Gasteiger partial charge in [-0.1, -0.05) is 24.3 Å². The van der Waals surface area contributed by atoms with E-state index in [-0.39, 0.29) is 24.8 Å². The van der Waals surface area contributed by atoms with Crippen molar-refractivity contribution in [1.82, 2.24) is 10.2 Å². The molecule has 0 saturated heterocycles. The van der Waals surface area contributed by atoms with E-state index in [0.717, 1.165) is 12.0 Å². The molecule has 0 fully saturated rings. The zero-order valence-electron chi connectivity index (χ0n) is 13.5. The lowest BCUT2D eigenvalue weighted by atomic mass is 10.0. The Kier molecular flexibility index (Phi) is 5.73. The Bertz CT molecular complexity index is 600. The normalized spacial score (nSPS) is 14.6. The Hall–Kier alpha value is -2.37. The number of amides is 2. The molecule has 124 valence electrons. The monoisotopic (exact) mass is 318 g/mol. The number of hydrogen-bond acceptors (Lipinski definition) is 4. The van der Waals surface area contributed by atoms with Crippen LogP contribution in [-0.2, 0) is 27.3 Å². The number of nitrogens with zero attached hydrogens (tertiary/aromatic N) is 1. The Balaban J connectivity index is 1.74. The number of nitrogens with one attached hydrogen (secondary N) is 1. The van der Waals surface area contributed by atoms with E-state index in [9.17, 15) is 14.4 Å². The van der Waals surface area contributed by atoms with Crippen LogP contribution in [0.5, 0.6) is 0 Å². The number of carbonyl (C=O) groups excluding carboxylic acids is 3. The molecule has 23 heavy (non-hydrogen) atoms. The van der Waals surface area contributed by atoms with Gasteiger partial charge >= 0.3 is 12.0 Å². The van der Waals surface area contributed by atoms with Crippen molar-refractivity contribution in [2.45, 2.75) is 39.3 Å². The number of Topliss-reactive ketones (excluding diaryl/α,β-unsaturated/α-hetero) is 1. The predicted molar refractivity (Wildman–Crippen MR) is 84.8 cm³/mol. The van der Waals surface area contributed by atoms with Gasteiger partial charge in [0.1, 0.15) is 0 Å². The van der Waals surface area contributed by atoms with Crippen molar-refractivity contribution in [3.05, 3.63) is 35.4 Å². The average molecular weight is 318 g/mol. The van der Waals surface area contributed by atoms with Crippen LogP contribution >= 0.6 is 0 Å². The van der Waals surface area contributed by atoms with Crippen LogP contribution in [0.25, 0.3) is 0 Å². The Morgan fingerprint density at radius 1 is 1.26 bits per heavy atom. The van der Waals surface area contributed by atoms with Crippen molar-refractivity contribution >= 4 is 17.8 Å². The number of benzene rings is 1. The summed E-state index contributed by atoms with van der Waals surface area (Å²) < 4.78 is 4.93. The molecule has 1 heterocycles. The number of hydrogen-bond donors (Lipinski definition) is 1. The lowest BCUT2D eigenvalue weighted by Crippen LogP contribution is -2.43. The molecule has 6 nitrogen and oxygen atoms in total. The van der Waals surface area contributed by atoms with E-state index in [1.165, 1.54) is 19.4 Å². The Morgan fingerprint density at radius 2 is 1.96 bits per heavy atom. The highest BCUT2D eigenvalue weighted by atomic mass is 16.5. The lowest BCUT2D eigenvalue weighted by molar-refractivity contribution is -0.153. The molecular weight excluding hydrogens is 296 g/mol. The van der Waals surface area contributed by atoms with E-state index < -0.39 is 12.1 Å². The van der Waals surface area contributed by atoms with Crippen molar-refractivity contribution in [3.63, 3.8) is 0 Å². The predicted octanol–water partition coefficient (Wildman–Crippen LogP) is 1.67. The summed E-state index contributed by atoms with van der Waals surface area (Å²) in [5.41, 5.74) is 2.43. The molecular formula is C17H22N2O4. The summed E-state index contributed by atoms with van der Waals surface area (Å²) in [5, 5.41) is 2.72. The van der Waals surface area contributed by atoms with Crippen molar-refractivity contribution in [2.75, 3.05) is 13.1 Å². The number of carbonyl (C=O) groups is 3. The summed E-state index contributed by atoms with van der Waals surface area (Å²) in [5.74, 6) is -0.689. The van der Waals surface area contributed by atoms with E-state index >= 15 is 0 Å². The molecule has 0 saturated carbocycles. The van der Waals surface area contributed by atoms with Crippen LogP contribution in [0, 0.1) is 0 Å². The number of esters is 1. The van der Waals surface area contributed by atoms with Crippen molar-refractivity contribution < 1.29 is 19.1 Å². The zero-order chi connectivity index (χ0) is 16.8. The fourth-order valence-electron chi connectivity index (χ4n) is 2.39. The summed E-state index contributed by atoms with van der Waals surface area (Å²) in [6.07, 6.45) is 0.145. The molecule has 6 heteroatoms. The van der Waals surface area contributed by atoms with Crippen molar-refractivity contribution in [2.24, 2.45) is 0 Å². The highest BCUT2D eigenvalue weighted by Crippen LogP contribution is 2.18. The number of ether oxygens (including phenoxy) is 1. The maximum absolute atomic E-state index is 12.1. The van der Waals surface area contributed by atoms with Crippen LogP contribution in [0.1, 0.15) is 31.4 Å². The first-order chi connectivity index (χ1) is 11.0. The minimum absolute atomic E-state index is 0.0494. The SMILES string of the molecule is CC(=O)C(C)OC(=O)CCNC(=O)N1CCc2ccccc2C1. The zero-order valence-corrected chi connectivity index (χ0v) is 13.5. The van der Waals surface area contributed by atoms with Gasteiger partial charge in [0.05, 0.1) is 6.42 Å². The van der Waals surface area contributed by atoms with Gasteiger partial charge in [-0.05, 0) is 31.4 Å². The molecule has 1 N–H and O–H groups in total. The molecule has 2 rings (SSSR count). The summed E-state index contributed by atoms with van der Waals surface area (Å²) >= 11 is 0. The number of ketones is 1. The second-order valence-corrected chi connectivity index (χ2v) is 5.66. The summed E-state index contributed by atoms with van der Waals surface area (Å²) in [7, 11) is 0. The maximum Gasteiger partial charge on any atom is 0.317 e. The Morgan fingerprint density at radius 3 is 2.65 bits per heavy atom. The fraction of sp³-hybridized carbons (Fsp3) is 0.471. The average Bonchev–Trinajstić information content (AvgIpc) is 2.54. The third-order valence-corrected chi connectivity index (χ3v) is 3.90. The summed E-state index contributed by atoms with van der Waals surface area (Å²) in [6.45, 7) is 4.33. The standard InChI is InChI=1S/C17H22N2O4/c1-12(20)13(2)23-16(21)7-9-18-17(22)19-10-8-14-5-3-4-6-15(14)11-19/h3-6,13H,7-11H2,1-2H3,(H,18,22). The minimum atomic E-state index is -0.739. The number of rotatable bonds is 5. The molecule has 1 unspecified atom stereocenters. The molecule has 1 aliphatic rings. The largest absolute Gasteiger partial charge is 0.455 e. The summed E-state index contributed by atoms with van der Waals surface area (Å²) in [4.78, 5) is 36.4. The van der Waals surface area contributed by atoms with Gasteiger partial charge in [-0.2, -0.15) is 0 Å². The first-order valence-electron chi connectivity index (χ1n) is 7.77. The van der Waals surface area contributed by atoms with E-state index in [4.69, 9.17) is 4.74 Å². The number of fused-ring (bicyclic) bond motifs is 1. The lowest BCUT2D eigenvalue weighted by Gasteiger charge is -2.28. The Labute approximate surface area is 135 Å². The van der Waals surface area contributed by atoms with Gasteiger partial charge in [0, 0.05) is 19.6 Å². The van der Waals surface area contributed by atoms with Gasteiger partial charge in [-0.15, -0.1) is 0 Å². The first kappa shape index (κ1) is 17.0. The third-order valence-electron chi connectivity index (χ3n) is 3.90. The van der Waals surface area contributed by atoms with Crippen LogP contribution in [0.4, 0.5) is 4.79 Å². The first-order valence-corrected chi connectivity index (χ1v) is 7.77. The van der Waals surface area contributed by atoms with E-state index in [2.05, 4.69) is 11.4 Å². The van der Waals surface area contributed by atoms with Crippen LogP contribution < -0.4 is 5.32 Å². The van der Waals surface area contributed by atoms with Gasteiger partial charge in [0.2, 0.25) is 0 Å². The molecule has 1 atom stereocenters. The molecule has 0 aliphatic carbocycles.